The Morgan fingerprint density at radius 3 is 3.04 bits per heavy atom. The van der Waals surface area contributed by atoms with Gasteiger partial charge in [0.15, 0.2) is 11.8 Å². The molecule has 1 aromatic rings. The van der Waals surface area contributed by atoms with Crippen LogP contribution in [0.4, 0.5) is 0 Å². The first-order chi connectivity index (χ1) is 11.2. The first-order valence-electron chi connectivity index (χ1n) is 8.64. The van der Waals surface area contributed by atoms with E-state index in [0.717, 1.165) is 42.9 Å². The third-order valence-electron chi connectivity index (χ3n) is 4.64. The summed E-state index contributed by atoms with van der Waals surface area (Å²) in [5.41, 5.74) is 0. The van der Waals surface area contributed by atoms with Crippen LogP contribution in [0.2, 0.25) is 0 Å². The fourth-order valence-electron chi connectivity index (χ4n) is 3.32. The molecule has 3 atom stereocenters. The van der Waals surface area contributed by atoms with Gasteiger partial charge >= 0.3 is 0 Å². The number of rotatable bonds is 6. The molecule has 0 saturated heterocycles. The number of aromatic nitrogens is 3. The molecule has 1 aliphatic carbocycles. The average molecular weight is 320 g/mol. The summed E-state index contributed by atoms with van der Waals surface area (Å²) in [5.74, 6) is 3.57. The van der Waals surface area contributed by atoms with Crippen molar-refractivity contribution >= 4 is 5.96 Å². The van der Waals surface area contributed by atoms with Crippen LogP contribution in [0.3, 0.4) is 0 Å². The molecule has 2 N–H and O–H groups in total. The summed E-state index contributed by atoms with van der Waals surface area (Å²) in [6, 6.07) is 0.939. The van der Waals surface area contributed by atoms with Crippen molar-refractivity contribution in [2.75, 3.05) is 14.2 Å². The molecule has 2 heterocycles. The summed E-state index contributed by atoms with van der Waals surface area (Å²) in [5, 5.41) is 11.6. The van der Waals surface area contributed by atoms with E-state index < -0.39 is 0 Å². The molecular weight excluding hydrogens is 292 g/mol. The van der Waals surface area contributed by atoms with E-state index >= 15 is 0 Å². The van der Waals surface area contributed by atoms with Crippen molar-refractivity contribution in [1.82, 2.24) is 25.4 Å². The van der Waals surface area contributed by atoms with Crippen LogP contribution in [0.1, 0.15) is 44.3 Å². The minimum atomic E-state index is 0.342. The largest absolute Gasteiger partial charge is 0.377 e. The normalized spacial score (nSPS) is 26.7. The van der Waals surface area contributed by atoms with Crippen LogP contribution < -0.4 is 10.6 Å². The minimum Gasteiger partial charge on any atom is -0.377 e. The molecule has 0 bridgehead atoms. The average Bonchev–Trinajstić information content (AvgIpc) is 3.14. The van der Waals surface area contributed by atoms with Crippen LogP contribution in [0.15, 0.2) is 4.99 Å². The number of nitrogens with zero attached hydrogens (tertiary/aromatic N) is 4. The van der Waals surface area contributed by atoms with Crippen molar-refractivity contribution in [3.8, 4) is 0 Å². The van der Waals surface area contributed by atoms with Crippen LogP contribution >= 0.6 is 0 Å². The van der Waals surface area contributed by atoms with E-state index in [1.54, 1.807) is 7.11 Å². The van der Waals surface area contributed by atoms with Crippen LogP contribution in [0.5, 0.6) is 0 Å². The summed E-state index contributed by atoms with van der Waals surface area (Å²) < 4.78 is 7.11. The lowest BCUT2D eigenvalue weighted by Crippen LogP contribution is -2.47. The maximum Gasteiger partial charge on any atom is 0.191 e. The molecule has 0 spiro atoms. The van der Waals surface area contributed by atoms with Crippen molar-refractivity contribution in [3.05, 3.63) is 11.6 Å². The highest BCUT2D eigenvalue weighted by Gasteiger charge is 2.37. The molecular formula is C16H28N6O. The standard InChI is InChI=1S/C16H28N6O/c1-4-5-11-8-13(11)19-16(17-2)18-12-6-7-15-20-14(10-23-3)21-22(15)9-12/h11-13H,4-10H2,1-3H3,(H2,17,18,19). The van der Waals surface area contributed by atoms with E-state index in [9.17, 15) is 0 Å². The molecule has 2 aliphatic rings. The lowest BCUT2D eigenvalue weighted by molar-refractivity contribution is 0.177. The molecule has 7 nitrogen and oxygen atoms in total. The van der Waals surface area contributed by atoms with E-state index in [1.807, 2.05) is 11.7 Å². The Labute approximate surface area is 137 Å². The highest BCUT2D eigenvalue weighted by molar-refractivity contribution is 5.80. The zero-order valence-corrected chi connectivity index (χ0v) is 14.4. The second-order valence-corrected chi connectivity index (χ2v) is 6.55. The van der Waals surface area contributed by atoms with Crippen LogP contribution in [0.25, 0.3) is 0 Å². The highest BCUT2D eigenvalue weighted by atomic mass is 16.5. The van der Waals surface area contributed by atoms with Gasteiger partial charge in [0.1, 0.15) is 12.4 Å². The van der Waals surface area contributed by atoms with Gasteiger partial charge in [0.2, 0.25) is 0 Å². The van der Waals surface area contributed by atoms with Crippen molar-refractivity contribution in [2.24, 2.45) is 10.9 Å². The zero-order chi connectivity index (χ0) is 16.2. The second-order valence-electron chi connectivity index (χ2n) is 6.55. The van der Waals surface area contributed by atoms with Gasteiger partial charge < -0.3 is 15.4 Å². The van der Waals surface area contributed by atoms with E-state index in [-0.39, 0.29) is 0 Å². The lowest BCUT2D eigenvalue weighted by Gasteiger charge is -2.25. The number of guanidine groups is 1. The smallest absolute Gasteiger partial charge is 0.191 e. The molecule has 128 valence electrons. The van der Waals surface area contributed by atoms with Gasteiger partial charge in [-0.15, -0.1) is 0 Å². The van der Waals surface area contributed by atoms with Gasteiger partial charge in [0.25, 0.3) is 0 Å². The molecule has 0 amide bonds. The number of hydrogen-bond acceptors (Lipinski definition) is 4. The highest BCUT2D eigenvalue weighted by Crippen LogP contribution is 2.34. The first kappa shape index (κ1) is 16.2. The van der Waals surface area contributed by atoms with E-state index in [0.29, 0.717) is 18.7 Å². The Balaban J connectivity index is 1.52. The van der Waals surface area contributed by atoms with E-state index in [4.69, 9.17) is 4.74 Å². The maximum atomic E-state index is 5.11. The number of methoxy groups -OCH3 is 1. The van der Waals surface area contributed by atoms with E-state index in [2.05, 4.69) is 32.6 Å². The fourth-order valence-corrected chi connectivity index (χ4v) is 3.32. The third kappa shape index (κ3) is 4.02. The predicted molar refractivity (Wildman–Crippen MR) is 89.3 cm³/mol. The molecule has 0 radical (unpaired) electrons. The number of fused-ring (bicyclic) bond motifs is 1. The number of aliphatic imine (C=N–C) groups is 1. The van der Waals surface area contributed by atoms with Crippen molar-refractivity contribution in [2.45, 2.75) is 64.3 Å². The molecule has 7 heteroatoms. The summed E-state index contributed by atoms with van der Waals surface area (Å²) in [7, 11) is 3.51. The van der Waals surface area contributed by atoms with Crippen molar-refractivity contribution in [3.63, 3.8) is 0 Å². The summed E-state index contributed by atoms with van der Waals surface area (Å²) in [6.45, 7) is 3.55. The third-order valence-corrected chi connectivity index (χ3v) is 4.64. The second kappa shape index (κ2) is 7.29. The van der Waals surface area contributed by atoms with Gasteiger partial charge in [0, 0.05) is 32.7 Å². The Morgan fingerprint density at radius 2 is 2.30 bits per heavy atom. The van der Waals surface area contributed by atoms with Gasteiger partial charge in [0.05, 0.1) is 6.54 Å². The number of nitrogens with one attached hydrogen (secondary N) is 2. The molecule has 1 aromatic heterocycles. The molecule has 23 heavy (non-hydrogen) atoms. The fraction of sp³-hybridized carbons (Fsp3) is 0.812. The Kier molecular flexibility index (Phi) is 5.15. The van der Waals surface area contributed by atoms with Gasteiger partial charge in [-0.05, 0) is 25.2 Å². The molecule has 3 rings (SSSR count). The predicted octanol–water partition coefficient (Wildman–Crippen LogP) is 1.09. The molecule has 3 unspecified atom stereocenters. The van der Waals surface area contributed by atoms with E-state index in [1.165, 1.54) is 19.3 Å². The van der Waals surface area contributed by atoms with Gasteiger partial charge in [-0.3, -0.25) is 4.99 Å². The zero-order valence-electron chi connectivity index (χ0n) is 14.4. The SMILES string of the molecule is CCCC1CC1NC(=NC)NC1CCc2nc(COC)nn2C1. The quantitative estimate of drug-likeness (QED) is 0.606. The number of hydrogen-bond donors (Lipinski definition) is 2. The van der Waals surface area contributed by atoms with Crippen LogP contribution in [0, 0.1) is 5.92 Å². The van der Waals surface area contributed by atoms with Gasteiger partial charge in [-0.1, -0.05) is 13.3 Å². The Bertz CT molecular complexity index is 555. The van der Waals surface area contributed by atoms with Gasteiger partial charge in [-0.25, -0.2) is 9.67 Å². The molecule has 1 fully saturated rings. The number of aryl methyl sites for hydroxylation is 1. The number of ether oxygens (including phenoxy) is 1. The maximum absolute atomic E-state index is 5.11. The van der Waals surface area contributed by atoms with Crippen LogP contribution in [-0.2, 0) is 24.3 Å². The topological polar surface area (TPSA) is 76.4 Å². The molecule has 0 aromatic carbocycles. The van der Waals surface area contributed by atoms with Crippen molar-refractivity contribution in [1.29, 1.82) is 0 Å². The lowest BCUT2D eigenvalue weighted by atomic mass is 10.1. The first-order valence-corrected chi connectivity index (χ1v) is 8.64. The molecule has 1 saturated carbocycles. The summed E-state index contributed by atoms with van der Waals surface area (Å²) >= 11 is 0. The summed E-state index contributed by atoms with van der Waals surface area (Å²) in [4.78, 5) is 8.89. The Hall–Kier alpha value is -1.63. The van der Waals surface area contributed by atoms with Crippen LogP contribution in [-0.4, -0.2) is 47.0 Å². The van der Waals surface area contributed by atoms with Crippen molar-refractivity contribution < 1.29 is 4.74 Å². The van der Waals surface area contributed by atoms with Gasteiger partial charge in [-0.2, -0.15) is 5.10 Å². The summed E-state index contributed by atoms with van der Waals surface area (Å²) in [6.07, 6.45) is 5.83. The molecule has 1 aliphatic heterocycles. The minimum absolute atomic E-state index is 0.342. The monoisotopic (exact) mass is 320 g/mol. The Morgan fingerprint density at radius 1 is 1.43 bits per heavy atom.